The molecule has 94 valence electrons. The third kappa shape index (κ3) is 2.14. The maximum Gasteiger partial charge on any atom is 0.126 e. The van der Waals surface area contributed by atoms with E-state index in [4.69, 9.17) is 4.42 Å². The Kier molecular flexibility index (Phi) is 3.07. The van der Waals surface area contributed by atoms with Gasteiger partial charge in [0.05, 0.1) is 6.26 Å². The maximum absolute atomic E-state index is 5.28. The van der Waals surface area contributed by atoms with Crippen molar-refractivity contribution < 1.29 is 4.42 Å². The third-order valence-electron chi connectivity index (χ3n) is 3.63. The van der Waals surface area contributed by atoms with E-state index in [1.54, 1.807) is 6.26 Å². The molecule has 0 N–H and O–H groups in total. The molecule has 0 aromatic carbocycles. The molecule has 0 amide bonds. The second kappa shape index (κ2) is 4.86. The van der Waals surface area contributed by atoms with Gasteiger partial charge < -0.3 is 8.98 Å². The Balaban J connectivity index is 1.65. The fraction of sp³-hybridized carbons (Fsp3) is 0.333. The molecule has 2 aromatic heterocycles. The van der Waals surface area contributed by atoms with Crippen LogP contribution < -0.4 is 0 Å². The lowest BCUT2D eigenvalue weighted by Gasteiger charge is -2.34. The number of fused-ring (bicyclic) bond motifs is 1. The van der Waals surface area contributed by atoms with Crippen molar-refractivity contribution >= 4 is 6.08 Å². The molecule has 1 aliphatic heterocycles. The van der Waals surface area contributed by atoms with E-state index < -0.39 is 0 Å². The Bertz CT molecular complexity index is 524. The van der Waals surface area contributed by atoms with Crippen LogP contribution in [0.25, 0.3) is 6.08 Å². The molecule has 0 fully saturated rings. The topological polar surface area (TPSA) is 21.3 Å². The van der Waals surface area contributed by atoms with E-state index in [0.717, 1.165) is 25.4 Å². The average Bonchev–Trinajstić information content (AvgIpc) is 3.02. The van der Waals surface area contributed by atoms with Gasteiger partial charge in [-0.1, -0.05) is 6.08 Å². The standard InChI is InChI=1S/C15H18N2O/c1-13-15-7-3-9-17(15)11-10-16(13)8-2-5-14-6-4-12-18-14/h2-7,9,12-13H,8,10-11H2,1H3/b5-2+. The number of hydrogen-bond acceptors (Lipinski definition) is 2. The lowest BCUT2D eigenvalue weighted by Crippen LogP contribution is -2.36. The minimum absolute atomic E-state index is 0.481. The van der Waals surface area contributed by atoms with Crippen LogP contribution in [0.1, 0.15) is 24.4 Å². The summed E-state index contributed by atoms with van der Waals surface area (Å²) < 4.78 is 7.63. The average molecular weight is 242 g/mol. The number of hydrogen-bond donors (Lipinski definition) is 0. The third-order valence-corrected chi connectivity index (χ3v) is 3.63. The van der Waals surface area contributed by atoms with Gasteiger partial charge in [0, 0.05) is 37.6 Å². The van der Waals surface area contributed by atoms with Gasteiger partial charge in [-0.15, -0.1) is 0 Å². The van der Waals surface area contributed by atoms with Crippen molar-refractivity contribution in [2.45, 2.75) is 19.5 Å². The van der Waals surface area contributed by atoms with Gasteiger partial charge in [-0.2, -0.15) is 0 Å². The van der Waals surface area contributed by atoms with Crippen LogP contribution in [0.2, 0.25) is 0 Å². The first kappa shape index (κ1) is 11.4. The lowest BCUT2D eigenvalue weighted by atomic mass is 10.1. The van der Waals surface area contributed by atoms with Crippen molar-refractivity contribution in [3.63, 3.8) is 0 Å². The summed E-state index contributed by atoms with van der Waals surface area (Å²) in [6.07, 6.45) is 8.09. The number of nitrogens with zero attached hydrogens (tertiary/aromatic N) is 2. The highest BCUT2D eigenvalue weighted by molar-refractivity contribution is 5.42. The Morgan fingerprint density at radius 1 is 1.33 bits per heavy atom. The molecule has 0 bridgehead atoms. The van der Waals surface area contributed by atoms with Crippen LogP contribution in [0.4, 0.5) is 0 Å². The van der Waals surface area contributed by atoms with Crippen molar-refractivity contribution in [1.82, 2.24) is 9.47 Å². The predicted octanol–water partition coefficient (Wildman–Crippen LogP) is 3.17. The van der Waals surface area contributed by atoms with Crippen LogP contribution in [0, 0.1) is 0 Å². The number of aromatic nitrogens is 1. The van der Waals surface area contributed by atoms with Gasteiger partial charge in [0.25, 0.3) is 0 Å². The molecule has 3 rings (SSSR count). The fourth-order valence-corrected chi connectivity index (χ4v) is 2.57. The van der Waals surface area contributed by atoms with Crippen LogP contribution in [0.3, 0.4) is 0 Å². The highest BCUT2D eigenvalue weighted by Crippen LogP contribution is 2.24. The van der Waals surface area contributed by atoms with Gasteiger partial charge in [-0.3, -0.25) is 4.90 Å². The monoisotopic (exact) mass is 242 g/mol. The summed E-state index contributed by atoms with van der Waals surface area (Å²) in [4.78, 5) is 2.48. The van der Waals surface area contributed by atoms with Gasteiger partial charge in [0.2, 0.25) is 0 Å². The van der Waals surface area contributed by atoms with Crippen LogP contribution in [0.5, 0.6) is 0 Å². The molecule has 3 heteroatoms. The van der Waals surface area contributed by atoms with E-state index in [1.807, 2.05) is 18.2 Å². The van der Waals surface area contributed by atoms with E-state index in [1.165, 1.54) is 5.69 Å². The van der Waals surface area contributed by atoms with Crippen molar-refractivity contribution in [2.75, 3.05) is 13.1 Å². The summed E-state index contributed by atoms with van der Waals surface area (Å²) in [6.45, 7) is 5.42. The molecular weight excluding hydrogens is 224 g/mol. The van der Waals surface area contributed by atoms with E-state index in [0.29, 0.717) is 6.04 Å². The molecule has 0 saturated heterocycles. The zero-order chi connectivity index (χ0) is 12.4. The molecule has 1 aliphatic rings. The smallest absolute Gasteiger partial charge is 0.126 e. The predicted molar refractivity (Wildman–Crippen MR) is 72.2 cm³/mol. The Morgan fingerprint density at radius 3 is 3.11 bits per heavy atom. The zero-order valence-corrected chi connectivity index (χ0v) is 10.6. The highest BCUT2D eigenvalue weighted by Gasteiger charge is 2.21. The summed E-state index contributed by atoms with van der Waals surface area (Å²) in [5.41, 5.74) is 1.41. The molecule has 0 radical (unpaired) electrons. The van der Waals surface area contributed by atoms with Crippen LogP contribution in [-0.4, -0.2) is 22.6 Å². The minimum atomic E-state index is 0.481. The Morgan fingerprint density at radius 2 is 2.28 bits per heavy atom. The number of rotatable bonds is 3. The molecular formula is C15H18N2O. The van der Waals surface area contributed by atoms with Gasteiger partial charge in [0.15, 0.2) is 0 Å². The van der Waals surface area contributed by atoms with Crippen molar-refractivity contribution in [1.29, 1.82) is 0 Å². The lowest BCUT2D eigenvalue weighted by molar-refractivity contribution is 0.188. The van der Waals surface area contributed by atoms with Gasteiger partial charge >= 0.3 is 0 Å². The summed E-state index contributed by atoms with van der Waals surface area (Å²) in [6, 6.07) is 8.72. The van der Waals surface area contributed by atoms with Crippen molar-refractivity contribution in [3.05, 3.63) is 54.3 Å². The molecule has 2 aromatic rings. The quantitative estimate of drug-likeness (QED) is 0.824. The molecule has 0 saturated carbocycles. The first-order valence-corrected chi connectivity index (χ1v) is 6.44. The fourth-order valence-electron chi connectivity index (χ4n) is 2.57. The molecule has 0 spiro atoms. The molecule has 1 unspecified atom stereocenters. The first-order chi connectivity index (χ1) is 8.84. The largest absolute Gasteiger partial charge is 0.465 e. The SMILES string of the molecule is CC1c2cccn2CCN1C/C=C/c1ccco1. The maximum atomic E-state index is 5.28. The highest BCUT2D eigenvalue weighted by atomic mass is 16.3. The number of furan rings is 1. The second-order valence-corrected chi connectivity index (χ2v) is 4.72. The van der Waals surface area contributed by atoms with Crippen molar-refractivity contribution in [2.24, 2.45) is 0 Å². The Hall–Kier alpha value is -1.74. The van der Waals surface area contributed by atoms with E-state index in [9.17, 15) is 0 Å². The van der Waals surface area contributed by atoms with Crippen LogP contribution in [-0.2, 0) is 6.54 Å². The van der Waals surface area contributed by atoms with Crippen LogP contribution in [0.15, 0.2) is 47.2 Å². The molecule has 1 atom stereocenters. The van der Waals surface area contributed by atoms with E-state index >= 15 is 0 Å². The zero-order valence-electron chi connectivity index (χ0n) is 10.6. The Labute approximate surface area is 107 Å². The van der Waals surface area contributed by atoms with Gasteiger partial charge in [-0.05, 0) is 37.3 Å². The molecule has 0 aliphatic carbocycles. The normalized spacial score (nSPS) is 20.4. The molecule has 3 nitrogen and oxygen atoms in total. The van der Waals surface area contributed by atoms with E-state index in [-0.39, 0.29) is 0 Å². The van der Waals surface area contributed by atoms with E-state index in [2.05, 4.69) is 40.8 Å². The molecule has 3 heterocycles. The summed E-state index contributed by atoms with van der Waals surface area (Å²) in [7, 11) is 0. The van der Waals surface area contributed by atoms with Crippen LogP contribution >= 0.6 is 0 Å². The summed E-state index contributed by atoms with van der Waals surface area (Å²) in [5.74, 6) is 0.919. The minimum Gasteiger partial charge on any atom is -0.465 e. The second-order valence-electron chi connectivity index (χ2n) is 4.72. The first-order valence-electron chi connectivity index (χ1n) is 6.44. The summed E-state index contributed by atoms with van der Waals surface area (Å²) >= 11 is 0. The van der Waals surface area contributed by atoms with Gasteiger partial charge in [-0.25, -0.2) is 0 Å². The molecule has 18 heavy (non-hydrogen) atoms. The summed E-state index contributed by atoms with van der Waals surface area (Å²) in [5, 5.41) is 0. The van der Waals surface area contributed by atoms with Crippen molar-refractivity contribution in [3.8, 4) is 0 Å². The van der Waals surface area contributed by atoms with Gasteiger partial charge in [0.1, 0.15) is 5.76 Å².